The van der Waals surface area contributed by atoms with Crippen LogP contribution in [0.4, 0.5) is 4.39 Å². The number of ether oxygens (including phenoxy) is 2. The van der Waals surface area contributed by atoms with Gasteiger partial charge in [-0.1, -0.05) is 24.3 Å². The van der Waals surface area contributed by atoms with Crippen molar-refractivity contribution in [3.05, 3.63) is 86.5 Å². The fourth-order valence-corrected chi connectivity index (χ4v) is 5.92. The molecule has 0 aliphatic heterocycles. The number of fused-ring (bicyclic) bond motifs is 3. The van der Waals surface area contributed by atoms with Crippen LogP contribution in [0.15, 0.2) is 53.6 Å². The molecule has 34 heavy (non-hydrogen) atoms. The number of rotatable bonds is 7. The molecule has 0 spiro atoms. The van der Waals surface area contributed by atoms with Gasteiger partial charge in [0.15, 0.2) is 11.5 Å². The van der Waals surface area contributed by atoms with Crippen molar-refractivity contribution in [2.24, 2.45) is 0 Å². The standard InChI is InChI=1S/C26H26FN3O3S/c1-32-21-8-4-6-17(24(21)33-2)13-28-19-9-10-20-22(12-19)34-25-23(20)26(31)30(15-29-25)14-16-5-3-7-18(27)11-16/h3-8,11,15,19,28H,9-10,12-14H2,1-2H3/t19-/m1/s1. The maximum atomic E-state index is 13.6. The molecule has 1 atom stereocenters. The van der Waals surface area contributed by atoms with Gasteiger partial charge in [-0.25, -0.2) is 9.37 Å². The largest absolute Gasteiger partial charge is 0.493 e. The maximum Gasteiger partial charge on any atom is 0.262 e. The minimum absolute atomic E-state index is 0.0562. The number of aromatic nitrogens is 2. The van der Waals surface area contributed by atoms with Crippen molar-refractivity contribution in [2.75, 3.05) is 14.2 Å². The van der Waals surface area contributed by atoms with E-state index in [1.807, 2.05) is 24.3 Å². The fourth-order valence-electron chi connectivity index (χ4n) is 4.67. The van der Waals surface area contributed by atoms with E-state index in [0.29, 0.717) is 24.5 Å². The van der Waals surface area contributed by atoms with Crippen LogP contribution in [0.3, 0.4) is 0 Å². The van der Waals surface area contributed by atoms with E-state index >= 15 is 0 Å². The number of nitrogens with zero attached hydrogens (tertiary/aromatic N) is 2. The van der Waals surface area contributed by atoms with Gasteiger partial charge in [0.05, 0.1) is 32.5 Å². The van der Waals surface area contributed by atoms with Gasteiger partial charge in [-0.2, -0.15) is 0 Å². The second-order valence-corrected chi connectivity index (χ2v) is 9.55. The second-order valence-electron chi connectivity index (χ2n) is 8.46. The molecule has 0 bridgehead atoms. The highest BCUT2D eigenvalue weighted by atomic mass is 32.1. The van der Waals surface area contributed by atoms with Crippen LogP contribution in [-0.4, -0.2) is 29.8 Å². The molecular formula is C26H26FN3O3S. The van der Waals surface area contributed by atoms with Gasteiger partial charge in [-0.15, -0.1) is 11.3 Å². The summed E-state index contributed by atoms with van der Waals surface area (Å²) in [6.07, 6.45) is 4.18. The van der Waals surface area contributed by atoms with Crippen molar-refractivity contribution in [3.8, 4) is 11.5 Å². The maximum absolute atomic E-state index is 13.6. The van der Waals surface area contributed by atoms with Crippen LogP contribution in [-0.2, 0) is 25.9 Å². The number of hydrogen-bond donors (Lipinski definition) is 1. The third kappa shape index (κ3) is 4.31. The van der Waals surface area contributed by atoms with Crippen LogP contribution in [0, 0.1) is 5.82 Å². The molecule has 0 fully saturated rings. The van der Waals surface area contributed by atoms with Crippen molar-refractivity contribution in [1.82, 2.24) is 14.9 Å². The molecule has 176 valence electrons. The highest BCUT2D eigenvalue weighted by Crippen LogP contribution is 2.34. The summed E-state index contributed by atoms with van der Waals surface area (Å²) in [6.45, 7) is 0.973. The van der Waals surface area contributed by atoms with Crippen molar-refractivity contribution in [1.29, 1.82) is 0 Å². The average molecular weight is 480 g/mol. The van der Waals surface area contributed by atoms with Crippen molar-refractivity contribution >= 4 is 21.6 Å². The lowest BCUT2D eigenvalue weighted by Crippen LogP contribution is -2.34. The zero-order valence-corrected chi connectivity index (χ0v) is 20.0. The monoisotopic (exact) mass is 479 g/mol. The summed E-state index contributed by atoms with van der Waals surface area (Å²) in [5, 5.41) is 4.36. The van der Waals surface area contributed by atoms with Crippen LogP contribution in [0.1, 0.15) is 28.0 Å². The summed E-state index contributed by atoms with van der Waals surface area (Å²) < 4.78 is 26.1. The van der Waals surface area contributed by atoms with Crippen molar-refractivity contribution < 1.29 is 13.9 Å². The predicted molar refractivity (Wildman–Crippen MR) is 132 cm³/mol. The van der Waals surface area contributed by atoms with Gasteiger partial charge < -0.3 is 14.8 Å². The van der Waals surface area contributed by atoms with Crippen LogP contribution in [0.25, 0.3) is 10.2 Å². The SMILES string of the molecule is COc1cccc(CN[C@@H]2CCc3c(sc4ncn(Cc5cccc(F)c5)c(=O)c34)C2)c1OC. The molecule has 1 aliphatic carbocycles. The molecule has 4 aromatic rings. The molecule has 0 radical (unpaired) electrons. The Morgan fingerprint density at radius 1 is 1.21 bits per heavy atom. The van der Waals surface area contributed by atoms with Crippen LogP contribution >= 0.6 is 11.3 Å². The summed E-state index contributed by atoms with van der Waals surface area (Å²) in [4.78, 5) is 19.8. The van der Waals surface area contributed by atoms with E-state index in [0.717, 1.165) is 52.3 Å². The normalized spacial score (nSPS) is 15.3. The molecule has 2 aromatic carbocycles. The highest BCUT2D eigenvalue weighted by Gasteiger charge is 2.25. The van der Waals surface area contributed by atoms with E-state index in [-0.39, 0.29) is 11.4 Å². The summed E-state index contributed by atoms with van der Waals surface area (Å²) in [5.74, 6) is 1.16. The van der Waals surface area contributed by atoms with Gasteiger partial charge in [0, 0.05) is 23.0 Å². The van der Waals surface area contributed by atoms with Crippen LogP contribution in [0.2, 0.25) is 0 Å². The molecule has 2 aromatic heterocycles. The minimum Gasteiger partial charge on any atom is -0.493 e. The smallest absolute Gasteiger partial charge is 0.262 e. The van der Waals surface area contributed by atoms with Crippen LogP contribution in [0.5, 0.6) is 11.5 Å². The van der Waals surface area contributed by atoms with Gasteiger partial charge in [0.25, 0.3) is 5.56 Å². The zero-order valence-electron chi connectivity index (χ0n) is 19.1. The Balaban J connectivity index is 1.35. The number of aryl methyl sites for hydroxylation is 1. The third-order valence-electron chi connectivity index (χ3n) is 6.34. The number of nitrogens with one attached hydrogen (secondary N) is 1. The Hall–Kier alpha value is -3.23. The molecule has 0 saturated carbocycles. The number of methoxy groups -OCH3 is 2. The first-order valence-electron chi connectivity index (χ1n) is 11.2. The quantitative estimate of drug-likeness (QED) is 0.428. The summed E-state index contributed by atoms with van der Waals surface area (Å²) in [5.41, 5.74) is 2.85. The van der Waals surface area contributed by atoms with Gasteiger partial charge in [-0.3, -0.25) is 9.36 Å². The molecule has 0 unspecified atom stereocenters. The van der Waals surface area contributed by atoms with Crippen molar-refractivity contribution in [2.45, 2.75) is 38.4 Å². The molecule has 1 aliphatic rings. The Bertz CT molecular complexity index is 1400. The Morgan fingerprint density at radius 2 is 2.06 bits per heavy atom. The lowest BCUT2D eigenvalue weighted by Gasteiger charge is -2.24. The molecule has 8 heteroatoms. The van der Waals surface area contributed by atoms with E-state index in [1.165, 1.54) is 17.0 Å². The molecule has 0 amide bonds. The lowest BCUT2D eigenvalue weighted by molar-refractivity contribution is 0.349. The second kappa shape index (κ2) is 9.56. The first kappa shape index (κ1) is 22.6. The van der Waals surface area contributed by atoms with Gasteiger partial charge >= 0.3 is 0 Å². The Morgan fingerprint density at radius 3 is 2.85 bits per heavy atom. The highest BCUT2D eigenvalue weighted by molar-refractivity contribution is 7.18. The van der Waals surface area contributed by atoms with E-state index in [1.54, 1.807) is 42.5 Å². The lowest BCUT2D eigenvalue weighted by atomic mass is 9.93. The first-order chi connectivity index (χ1) is 16.6. The average Bonchev–Trinajstić information content (AvgIpc) is 3.22. The zero-order chi connectivity index (χ0) is 23.7. The molecule has 6 nitrogen and oxygen atoms in total. The molecule has 5 rings (SSSR count). The number of halogens is 1. The van der Waals surface area contributed by atoms with E-state index in [2.05, 4.69) is 10.3 Å². The van der Waals surface area contributed by atoms with E-state index < -0.39 is 0 Å². The van der Waals surface area contributed by atoms with E-state index in [4.69, 9.17) is 9.47 Å². The summed E-state index contributed by atoms with van der Waals surface area (Å²) in [7, 11) is 3.29. The fraction of sp³-hybridized carbons (Fsp3) is 0.308. The topological polar surface area (TPSA) is 65.4 Å². The summed E-state index contributed by atoms with van der Waals surface area (Å²) in [6, 6.07) is 12.5. The minimum atomic E-state index is -0.308. The Kier molecular flexibility index (Phi) is 6.34. The van der Waals surface area contributed by atoms with Gasteiger partial charge in [-0.05, 0) is 48.6 Å². The molecular weight excluding hydrogens is 453 g/mol. The third-order valence-corrected chi connectivity index (χ3v) is 7.51. The Labute approximate surface area is 201 Å². The van der Waals surface area contributed by atoms with Gasteiger partial charge in [0.1, 0.15) is 10.6 Å². The predicted octanol–water partition coefficient (Wildman–Crippen LogP) is 4.31. The molecule has 2 heterocycles. The van der Waals surface area contributed by atoms with Gasteiger partial charge in [0.2, 0.25) is 0 Å². The van der Waals surface area contributed by atoms with Crippen LogP contribution < -0.4 is 20.3 Å². The number of para-hydroxylation sites is 1. The van der Waals surface area contributed by atoms with E-state index in [9.17, 15) is 9.18 Å². The summed E-state index contributed by atoms with van der Waals surface area (Å²) >= 11 is 1.60. The van der Waals surface area contributed by atoms with Crippen molar-refractivity contribution in [3.63, 3.8) is 0 Å². The molecule has 0 saturated heterocycles. The number of thiophene rings is 1. The number of benzene rings is 2. The molecule has 1 N–H and O–H groups in total. The number of hydrogen-bond acceptors (Lipinski definition) is 6. The first-order valence-corrected chi connectivity index (χ1v) is 12.1.